The van der Waals surface area contributed by atoms with Gasteiger partial charge in [-0.2, -0.15) is 17.4 Å². The van der Waals surface area contributed by atoms with Crippen LogP contribution in [0.4, 0.5) is 0 Å². The summed E-state index contributed by atoms with van der Waals surface area (Å²) in [5.74, 6) is 0. The Morgan fingerprint density at radius 2 is 1.93 bits per heavy atom. The first kappa shape index (κ1) is 13.4. The molecule has 1 fully saturated rings. The van der Waals surface area contributed by atoms with Crippen molar-refractivity contribution in [3.8, 4) is 0 Å². The van der Waals surface area contributed by atoms with Gasteiger partial charge in [-0.15, -0.1) is 0 Å². The predicted molar refractivity (Wildman–Crippen MR) is 65.4 cm³/mol. The zero-order chi connectivity index (χ0) is 11.3. The van der Waals surface area contributed by atoms with Crippen molar-refractivity contribution in [3.05, 3.63) is 0 Å². The van der Waals surface area contributed by atoms with Crippen LogP contribution in [0.25, 0.3) is 0 Å². The van der Waals surface area contributed by atoms with E-state index in [1.54, 1.807) is 4.31 Å². The van der Waals surface area contributed by atoms with Gasteiger partial charge in [0.2, 0.25) is 0 Å². The molecule has 1 heterocycles. The maximum absolute atomic E-state index is 11.9. The number of hydrogen-bond acceptors (Lipinski definition) is 2. The summed E-state index contributed by atoms with van der Waals surface area (Å²) < 4.78 is 28.0. The minimum atomic E-state index is -3.24. The van der Waals surface area contributed by atoms with E-state index in [1.807, 2.05) is 6.92 Å². The van der Waals surface area contributed by atoms with Crippen LogP contribution in [0, 0.1) is 0 Å². The lowest BCUT2D eigenvalue weighted by Gasteiger charge is -2.27. The van der Waals surface area contributed by atoms with Crippen LogP contribution in [0.3, 0.4) is 0 Å². The summed E-state index contributed by atoms with van der Waals surface area (Å²) in [4.78, 5) is 0. The Hall–Kier alpha value is 0.350. The third kappa shape index (κ3) is 4.38. The number of nitrogens with one attached hydrogen (secondary N) is 1. The monoisotopic (exact) mass is 298 g/mol. The molecular weight excluding hydrogens is 280 g/mol. The lowest BCUT2D eigenvalue weighted by atomic mass is 10.2. The average molecular weight is 299 g/mol. The Morgan fingerprint density at radius 3 is 2.47 bits per heavy atom. The molecule has 0 bridgehead atoms. The van der Waals surface area contributed by atoms with Gasteiger partial charge >= 0.3 is 0 Å². The van der Waals surface area contributed by atoms with E-state index in [4.69, 9.17) is 0 Å². The van der Waals surface area contributed by atoms with Gasteiger partial charge in [-0.05, 0) is 26.2 Å². The highest BCUT2D eigenvalue weighted by Gasteiger charge is 2.24. The molecule has 1 atom stereocenters. The van der Waals surface area contributed by atoms with E-state index >= 15 is 0 Å². The van der Waals surface area contributed by atoms with Gasteiger partial charge < -0.3 is 0 Å². The Morgan fingerprint density at radius 1 is 1.33 bits per heavy atom. The van der Waals surface area contributed by atoms with Crippen molar-refractivity contribution in [2.45, 2.75) is 38.6 Å². The molecule has 0 aliphatic carbocycles. The first-order chi connectivity index (χ1) is 7.06. The second-order valence-electron chi connectivity index (χ2n) is 3.96. The second-order valence-corrected chi connectivity index (χ2v) is 6.46. The molecule has 1 N–H and O–H groups in total. The topological polar surface area (TPSA) is 49.4 Å². The number of rotatable bonds is 5. The van der Waals surface area contributed by atoms with E-state index in [0.29, 0.717) is 13.1 Å². The van der Waals surface area contributed by atoms with Crippen molar-refractivity contribution in [2.24, 2.45) is 0 Å². The smallest absolute Gasteiger partial charge is 0.199 e. The van der Waals surface area contributed by atoms with Crippen LogP contribution in [0.1, 0.15) is 32.6 Å². The summed E-state index contributed by atoms with van der Waals surface area (Å²) in [5.41, 5.74) is 0. The van der Waals surface area contributed by atoms with E-state index in [0.717, 1.165) is 31.0 Å². The fourth-order valence-electron chi connectivity index (χ4n) is 1.66. The molecule has 1 aliphatic rings. The summed E-state index contributed by atoms with van der Waals surface area (Å²) in [6.07, 6.45) is 3.91. The fourth-order valence-corrected chi connectivity index (χ4v) is 3.86. The van der Waals surface area contributed by atoms with Crippen LogP contribution in [0.15, 0.2) is 0 Å². The Balaban J connectivity index is 2.49. The molecule has 0 aromatic carbocycles. The molecule has 0 aromatic rings. The molecule has 15 heavy (non-hydrogen) atoms. The lowest BCUT2D eigenvalue weighted by Crippen LogP contribution is -2.46. The van der Waals surface area contributed by atoms with Gasteiger partial charge in [-0.25, -0.2) is 0 Å². The van der Waals surface area contributed by atoms with Gasteiger partial charge in [0.15, 0.2) is 0 Å². The largest absolute Gasteiger partial charge is 0.279 e. The highest BCUT2D eigenvalue weighted by molar-refractivity contribution is 9.09. The summed E-state index contributed by atoms with van der Waals surface area (Å²) in [5, 5.41) is 0.816. The SMILES string of the molecule is CC(CCBr)NS(=O)(=O)N1CCCCC1. The lowest BCUT2D eigenvalue weighted by molar-refractivity contribution is 0.339. The van der Waals surface area contributed by atoms with Crippen molar-refractivity contribution >= 4 is 26.1 Å². The van der Waals surface area contributed by atoms with Crippen molar-refractivity contribution in [3.63, 3.8) is 0 Å². The van der Waals surface area contributed by atoms with Gasteiger partial charge in [0.05, 0.1) is 0 Å². The molecule has 4 nitrogen and oxygen atoms in total. The zero-order valence-corrected chi connectivity index (χ0v) is 11.5. The number of alkyl halides is 1. The molecule has 0 amide bonds. The molecule has 0 radical (unpaired) electrons. The number of hydrogen-bond donors (Lipinski definition) is 1. The molecule has 0 saturated carbocycles. The standard InChI is InChI=1S/C9H19BrN2O2S/c1-9(5-6-10)11-15(13,14)12-7-3-2-4-8-12/h9,11H,2-8H2,1H3. The first-order valence-electron chi connectivity index (χ1n) is 5.39. The molecule has 1 aliphatic heterocycles. The fraction of sp³-hybridized carbons (Fsp3) is 1.00. The molecule has 0 spiro atoms. The van der Waals surface area contributed by atoms with E-state index < -0.39 is 10.2 Å². The molecule has 90 valence electrons. The maximum Gasteiger partial charge on any atom is 0.279 e. The van der Waals surface area contributed by atoms with Crippen LogP contribution < -0.4 is 4.72 Å². The van der Waals surface area contributed by atoms with Crippen molar-refractivity contribution in [2.75, 3.05) is 18.4 Å². The van der Waals surface area contributed by atoms with Gasteiger partial charge in [0.25, 0.3) is 10.2 Å². The summed E-state index contributed by atoms with van der Waals surface area (Å²) in [6.45, 7) is 3.22. The van der Waals surface area contributed by atoms with E-state index in [1.165, 1.54) is 0 Å². The van der Waals surface area contributed by atoms with Crippen molar-refractivity contribution < 1.29 is 8.42 Å². The normalized spacial score (nSPS) is 21.5. The summed E-state index contributed by atoms with van der Waals surface area (Å²) in [7, 11) is -3.24. The van der Waals surface area contributed by atoms with Gasteiger partial charge in [0, 0.05) is 24.5 Å². The highest BCUT2D eigenvalue weighted by atomic mass is 79.9. The molecule has 1 rings (SSSR count). The van der Waals surface area contributed by atoms with Gasteiger partial charge in [-0.1, -0.05) is 22.4 Å². The maximum atomic E-state index is 11.9. The Kier molecular flexibility index (Phi) is 5.52. The Labute approximate surface area is 101 Å². The minimum Gasteiger partial charge on any atom is -0.199 e. The van der Waals surface area contributed by atoms with Gasteiger partial charge in [-0.3, -0.25) is 0 Å². The van der Waals surface area contributed by atoms with Crippen LogP contribution in [-0.4, -0.2) is 37.2 Å². The van der Waals surface area contributed by atoms with Gasteiger partial charge in [0.1, 0.15) is 0 Å². The van der Waals surface area contributed by atoms with Crippen molar-refractivity contribution in [1.29, 1.82) is 0 Å². The number of halogens is 1. The molecule has 6 heteroatoms. The molecule has 0 aromatic heterocycles. The summed E-state index contributed by atoms with van der Waals surface area (Å²) in [6, 6.07) is -0.00342. The minimum absolute atomic E-state index is 0.00342. The Bertz CT molecular complexity index is 276. The van der Waals surface area contributed by atoms with E-state index in [2.05, 4.69) is 20.7 Å². The molecule has 1 saturated heterocycles. The van der Waals surface area contributed by atoms with Crippen LogP contribution >= 0.6 is 15.9 Å². The van der Waals surface area contributed by atoms with E-state index in [-0.39, 0.29) is 6.04 Å². The highest BCUT2D eigenvalue weighted by Crippen LogP contribution is 2.12. The summed E-state index contributed by atoms with van der Waals surface area (Å²) >= 11 is 3.31. The van der Waals surface area contributed by atoms with Crippen LogP contribution in [0.2, 0.25) is 0 Å². The second kappa shape index (κ2) is 6.18. The zero-order valence-electron chi connectivity index (χ0n) is 9.08. The van der Waals surface area contributed by atoms with Crippen molar-refractivity contribution in [1.82, 2.24) is 9.03 Å². The average Bonchev–Trinajstić information content (AvgIpc) is 2.18. The third-order valence-corrected chi connectivity index (χ3v) is 4.75. The number of nitrogens with zero attached hydrogens (tertiary/aromatic N) is 1. The van der Waals surface area contributed by atoms with Crippen LogP contribution in [-0.2, 0) is 10.2 Å². The van der Waals surface area contributed by atoms with Crippen LogP contribution in [0.5, 0.6) is 0 Å². The quantitative estimate of drug-likeness (QED) is 0.782. The first-order valence-corrected chi connectivity index (χ1v) is 7.96. The third-order valence-electron chi connectivity index (χ3n) is 2.55. The predicted octanol–water partition coefficient (Wildman–Crippen LogP) is 1.48. The number of piperidine rings is 1. The molecular formula is C9H19BrN2O2S. The van der Waals surface area contributed by atoms with E-state index in [9.17, 15) is 8.42 Å². The molecule has 1 unspecified atom stereocenters.